The Labute approximate surface area is 131 Å². The molecule has 120 valence electrons. The highest BCUT2D eigenvalue weighted by Gasteiger charge is 2.53. The normalized spacial score (nSPS) is 26.9. The summed E-state index contributed by atoms with van der Waals surface area (Å²) in [6.07, 6.45) is 0.502. The van der Waals surface area contributed by atoms with Gasteiger partial charge in [0.1, 0.15) is 17.0 Å². The largest absolute Gasteiger partial charge is 0.484 e. The van der Waals surface area contributed by atoms with Crippen LogP contribution in [0.5, 0.6) is 5.75 Å². The maximum Gasteiger partial charge on any atom is 0.410 e. The molecule has 2 aliphatic rings. The average molecular weight is 304 g/mol. The molecule has 2 aliphatic heterocycles. The molecule has 2 unspecified atom stereocenters. The molecule has 1 spiro atoms. The monoisotopic (exact) mass is 304 g/mol. The van der Waals surface area contributed by atoms with E-state index in [1.807, 2.05) is 39.0 Å². The Kier molecular flexibility index (Phi) is 3.56. The highest BCUT2D eigenvalue weighted by atomic mass is 16.6. The van der Waals surface area contributed by atoms with Gasteiger partial charge in [0.05, 0.1) is 6.54 Å². The van der Waals surface area contributed by atoms with Gasteiger partial charge in [0, 0.05) is 31.0 Å². The van der Waals surface area contributed by atoms with Crippen molar-refractivity contribution in [3.8, 4) is 5.75 Å². The van der Waals surface area contributed by atoms with Crippen LogP contribution in [0.1, 0.15) is 38.7 Å². The van der Waals surface area contributed by atoms with Crippen molar-refractivity contribution in [2.75, 3.05) is 19.6 Å². The smallest absolute Gasteiger partial charge is 0.410 e. The van der Waals surface area contributed by atoms with Crippen LogP contribution in [0.25, 0.3) is 0 Å². The number of para-hydroxylation sites is 1. The predicted octanol–water partition coefficient (Wildman–Crippen LogP) is 2.50. The van der Waals surface area contributed by atoms with Gasteiger partial charge in [-0.1, -0.05) is 18.2 Å². The summed E-state index contributed by atoms with van der Waals surface area (Å²) >= 11 is 0. The number of carbonyl (C=O) groups excluding carboxylic acids is 1. The van der Waals surface area contributed by atoms with E-state index in [1.165, 1.54) is 0 Å². The van der Waals surface area contributed by atoms with Crippen molar-refractivity contribution in [2.24, 2.45) is 5.73 Å². The van der Waals surface area contributed by atoms with Crippen LogP contribution >= 0.6 is 0 Å². The summed E-state index contributed by atoms with van der Waals surface area (Å²) in [5.74, 6) is 1.01. The number of nitrogens with two attached hydrogens (primary N) is 1. The quantitative estimate of drug-likeness (QED) is 0.866. The molecule has 1 aromatic carbocycles. The lowest BCUT2D eigenvalue weighted by Crippen LogP contribution is -2.45. The summed E-state index contributed by atoms with van der Waals surface area (Å²) in [5, 5.41) is 0. The lowest BCUT2D eigenvalue weighted by atomic mass is 9.83. The van der Waals surface area contributed by atoms with Crippen LogP contribution in [0.3, 0.4) is 0 Å². The second-order valence-electron chi connectivity index (χ2n) is 7.14. The van der Waals surface area contributed by atoms with Crippen LogP contribution < -0.4 is 10.5 Å². The van der Waals surface area contributed by atoms with Crippen LogP contribution in [0.15, 0.2) is 24.3 Å². The number of amides is 1. The fourth-order valence-electron chi connectivity index (χ4n) is 3.43. The van der Waals surface area contributed by atoms with Gasteiger partial charge in [0.15, 0.2) is 0 Å². The van der Waals surface area contributed by atoms with Crippen molar-refractivity contribution < 1.29 is 14.3 Å². The van der Waals surface area contributed by atoms with Crippen LogP contribution in [0, 0.1) is 0 Å². The molecule has 3 rings (SSSR count). The van der Waals surface area contributed by atoms with Crippen molar-refractivity contribution in [1.29, 1.82) is 0 Å². The summed E-state index contributed by atoms with van der Waals surface area (Å²) in [4.78, 5) is 14.0. The first-order valence-corrected chi connectivity index (χ1v) is 7.80. The fourth-order valence-corrected chi connectivity index (χ4v) is 3.43. The number of rotatable bonds is 1. The number of hydrogen-bond acceptors (Lipinski definition) is 4. The first kappa shape index (κ1) is 15.2. The summed E-state index contributed by atoms with van der Waals surface area (Å²) < 4.78 is 11.7. The van der Waals surface area contributed by atoms with E-state index in [-0.39, 0.29) is 12.0 Å². The Hall–Kier alpha value is -1.75. The van der Waals surface area contributed by atoms with E-state index in [0.717, 1.165) is 17.7 Å². The van der Waals surface area contributed by atoms with Gasteiger partial charge in [-0.3, -0.25) is 0 Å². The second kappa shape index (κ2) is 5.16. The second-order valence-corrected chi connectivity index (χ2v) is 7.14. The van der Waals surface area contributed by atoms with E-state index in [0.29, 0.717) is 19.6 Å². The first-order valence-electron chi connectivity index (χ1n) is 7.80. The molecule has 22 heavy (non-hydrogen) atoms. The average Bonchev–Trinajstić information content (AvgIpc) is 2.98. The molecule has 0 radical (unpaired) electrons. The van der Waals surface area contributed by atoms with Crippen molar-refractivity contribution >= 4 is 6.09 Å². The lowest BCUT2D eigenvalue weighted by molar-refractivity contribution is 0.0208. The molecule has 1 aromatic rings. The van der Waals surface area contributed by atoms with Crippen LogP contribution in [-0.2, 0) is 4.74 Å². The van der Waals surface area contributed by atoms with Gasteiger partial charge in [-0.2, -0.15) is 0 Å². The molecule has 0 aliphatic carbocycles. The molecular weight excluding hydrogens is 280 g/mol. The third-order valence-electron chi connectivity index (χ3n) is 4.39. The molecule has 5 heteroatoms. The minimum Gasteiger partial charge on any atom is -0.484 e. The van der Waals surface area contributed by atoms with Crippen LogP contribution in [-0.4, -0.2) is 41.8 Å². The van der Waals surface area contributed by atoms with E-state index < -0.39 is 11.2 Å². The van der Waals surface area contributed by atoms with E-state index >= 15 is 0 Å². The molecule has 1 amide bonds. The Bertz CT molecular complexity index is 582. The first-order chi connectivity index (χ1) is 10.3. The van der Waals surface area contributed by atoms with Crippen LogP contribution in [0.2, 0.25) is 0 Å². The summed E-state index contributed by atoms with van der Waals surface area (Å²) in [6, 6.07) is 8.01. The van der Waals surface area contributed by atoms with Crippen molar-refractivity contribution in [3.05, 3.63) is 29.8 Å². The van der Waals surface area contributed by atoms with Gasteiger partial charge < -0.3 is 20.1 Å². The Morgan fingerprint density at radius 3 is 2.86 bits per heavy atom. The molecule has 5 nitrogen and oxygen atoms in total. The molecule has 1 fully saturated rings. The molecular formula is C17H24N2O3. The minimum atomic E-state index is -0.487. The van der Waals surface area contributed by atoms with Crippen molar-refractivity contribution in [2.45, 2.75) is 44.3 Å². The van der Waals surface area contributed by atoms with E-state index in [4.69, 9.17) is 15.2 Å². The summed E-state index contributed by atoms with van der Waals surface area (Å²) in [6.45, 7) is 7.31. The molecule has 1 saturated heterocycles. The third kappa shape index (κ3) is 2.54. The zero-order valence-corrected chi connectivity index (χ0v) is 13.5. The van der Waals surface area contributed by atoms with Gasteiger partial charge in [-0.05, 0) is 26.8 Å². The molecule has 2 heterocycles. The summed E-state index contributed by atoms with van der Waals surface area (Å²) in [5.41, 5.74) is 6.27. The van der Waals surface area contributed by atoms with Crippen LogP contribution in [0.4, 0.5) is 4.79 Å². The van der Waals surface area contributed by atoms with E-state index in [9.17, 15) is 4.79 Å². The molecule has 2 N–H and O–H groups in total. The maximum atomic E-state index is 12.3. The highest BCUT2D eigenvalue weighted by molar-refractivity contribution is 5.69. The standard InChI is InChI=1S/C17H24N2O3/c1-16(2,3)22-15(20)19-9-8-17(11-19)13(10-18)12-6-4-5-7-14(12)21-17/h4-7,13H,8-11,18H2,1-3H3. The molecule has 2 atom stereocenters. The summed E-state index contributed by atoms with van der Waals surface area (Å²) in [7, 11) is 0. The van der Waals surface area contributed by atoms with Gasteiger partial charge in [-0.15, -0.1) is 0 Å². The number of carbonyl (C=O) groups is 1. The predicted molar refractivity (Wildman–Crippen MR) is 84.0 cm³/mol. The number of benzene rings is 1. The SMILES string of the molecule is CC(C)(C)OC(=O)N1CCC2(C1)Oc1ccccc1C2CN. The van der Waals surface area contributed by atoms with Crippen molar-refractivity contribution in [3.63, 3.8) is 0 Å². The number of ether oxygens (including phenoxy) is 2. The van der Waals surface area contributed by atoms with Gasteiger partial charge in [0.2, 0.25) is 0 Å². The zero-order chi connectivity index (χ0) is 16.0. The van der Waals surface area contributed by atoms with Gasteiger partial charge in [-0.25, -0.2) is 4.79 Å². The molecule has 0 saturated carbocycles. The lowest BCUT2D eigenvalue weighted by Gasteiger charge is -2.30. The Morgan fingerprint density at radius 2 is 2.18 bits per heavy atom. The number of hydrogen-bond donors (Lipinski definition) is 1. The van der Waals surface area contributed by atoms with Crippen molar-refractivity contribution in [1.82, 2.24) is 4.90 Å². The number of likely N-dealkylation sites (tertiary alicyclic amines) is 1. The number of fused-ring (bicyclic) bond motifs is 1. The van der Waals surface area contributed by atoms with Gasteiger partial charge >= 0.3 is 6.09 Å². The minimum absolute atomic E-state index is 0.121. The maximum absolute atomic E-state index is 12.3. The topological polar surface area (TPSA) is 64.8 Å². The van der Waals surface area contributed by atoms with E-state index in [2.05, 4.69) is 6.07 Å². The fraction of sp³-hybridized carbons (Fsp3) is 0.588. The van der Waals surface area contributed by atoms with Gasteiger partial charge in [0.25, 0.3) is 0 Å². The number of nitrogens with zero attached hydrogens (tertiary/aromatic N) is 1. The van der Waals surface area contributed by atoms with E-state index in [1.54, 1.807) is 4.90 Å². The molecule has 0 bridgehead atoms. The Balaban J connectivity index is 1.78. The highest BCUT2D eigenvalue weighted by Crippen LogP contribution is 2.48. The zero-order valence-electron chi connectivity index (χ0n) is 13.5. The molecule has 0 aromatic heterocycles. The Morgan fingerprint density at radius 1 is 1.45 bits per heavy atom. The third-order valence-corrected chi connectivity index (χ3v) is 4.39.